The van der Waals surface area contributed by atoms with Crippen LogP contribution in [0.25, 0.3) is 0 Å². The summed E-state index contributed by atoms with van der Waals surface area (Å²) < 4.78 is 4.62. The number of Topliss-reactive ketones (excluding diaryl/α,β-unsaturated/α-hetero) is 1. The Morgan fingerprint density at radius 2 is 1.80 bits per heavy atom. The van der Waals surface area contributed by atoms with Gasteiger partial charge in [-0.25, -0.2) is 10.6 Å². The number of ketones is 1. The molecule has 0 aliphatic heterocycles. The number of rotatable bonds is 11. The van der Waals surface area contributed by atoms with Crippen molar-refractivity contribution in [2.45, 2.75) is 38.5 Å². The lowest BCUT2D eigenvalue weighted by atomic mass is 10.2. The summed E-state index contributed by atoms with van der Waals surface area (Å²) in [5, 5.41) is 2.57. The molecular weight excluding hydrogens is 282 g/mol. The van der Waals surface area contributed by atoms with Crippen LogP contribution in [0.3, 0.4) is 0 Å². The predicted octanol–water partition coefficient (Wildman–Crippen LogP) is 0.542. The van der Waals surface area contributed by atoms with E-state index in [1.807, 2.05) is 5.43 Å². The minimum atomic E-state index is -0.730. The van der Waals surface area contributed by atoms with Crippen LogP contribution in [-0.2, 0) is 14.3 Å². The third kappa shape index (κ3) is 11.8. The van der Waals surface area contributed by atoms with E-state index < -0.39 is 6.09 Å². The number of carbonyl (C=O) groups is 3. The van der Waals surface area contributed by atoms with E-state index in [4.69, 9.17) is 5.84 Å². The van der Waals surface area contributed by atoms with Crippen LogP contribution in [-0.4, -0.2) is 36.7 Å². The van der Waals surface area contributed by atoms with Crippen LogP contribution < -0.4 is 16.6 Å². The van der Waals surface area contributed by atoms with Crippen molar-refractivity contribution in [1.82, 2.24) is 10.7 Å². The lowest BCUT2D eigenvalue weighted by Gasteiger charge is -2.05. The Morgan fingerprint density at radius 3 is 2.45 bits per heavy atom. The number of hydrogen-bond acceptors (Lipinski definition) is 6. The van der Waals surface area contributed by atoms with Crippen molar-refractivity contribution in [3.8, 4) is 0 Å². The first-order chi connectivity index (χ1) is 9.60. The lowest BCUT2D eigenvalue weighted by molar-refractivity contribution is -0.125. The minimum Gasteiger partial charge on any atom is -0.449 e. The molecule has 4 N–H and O–H groups in total. The largest absolute Gasteiger partial charge is 0.449 e. The number of ether oxygens (including phenoxy) is 1. The molecule has 0 aromatic carbocycles. The molecule has 0 atom stereocenters. The second-order valence-corrected chi connectivity index (χ2v) is 4.68. The summed E-state index contributed by atoms with van der Waals surface area (Å²) in [6, 6.07) is 0. The van der Waals surface area contributed by atoms with Gasteiger partial charge in [0.15, 0.2) is 5.78 Å². The molecule has 0 saturated carbocycles. The smallest absolute Gasteiger partial charge is 0.421 e. The van der Waals surface area contributed by atoms with Crippen molar-refractivity contribution >= 4 is 30.4 Å². The van der Waals surface area contributed by atoms with Crippen LogP contribution in [0.5, 0.6) is 0 Å². The minimum absolute atomic E-state index is 0.0223. The molecule has 0 unspecified atom stereocenters. The zero-order chi connectivity index (χ0) is 15.2. The molecule has 0 rings (SSSR count). The molecule has 20 heavy (non-hydrogen) atoms. The van der Waals surface area contributed by atoms with Crippen molar-refractivity contribution in [2.24, 2.45) is 5.84 Å². The van der Waals surface area contributed by atoms with Gasteiger partial charge >= 0.3 is 6.09 Å². The van der Waals surface area contributed by atoms with Crippen LogP contribution in [0.1, 0.15) is 38.5 Å². The zero-order valence-electron chi connectivity index (χ0n) is 11.5. The molecule has 0 heterocycles. The van der Waals surface area contributed by atoms with Crippen molar-refractivity contribution < 1.29 is 19.1 Å². The molecule has 0 aliphatic rings. The summed E-state index contributed by atoms with van der Waals surface area (Å²) in [5.74, 6) is 5.43. The second-order valence-electron chi connectivity index (χ2n) is 4.23. The van der Waals surface area contributed by atoms with Gasteiger partial charge < -0.3 is 10.1 Å². The Bertz CT molecular complexity index is 313. The predicted molar refractivity (Wildman–Crippen MR) is 78.2 cm³/mol. The fraction of sp³-hybridized carbons (Fsp3) is 0.750. The summed E-state index contributed by atoms with van der Waals surface area (Å²) in [7, 11) is 0. The van der Waals surface area contributed by atoms with Gasteiger partial charge in [0.05, 0.1) is 13.2 Å². The average Bonchev–Trinajstić information content (AvgIpc) is 2.45. The summed E-state index contributed by atoms with van der Waals surface area (Å²) in [4.78, 5) is 33.4. The molecule has 0 saturated heterocycles. The van der Waals surface area contributed by atoms with Gasteiger partial charge in [-0.2, -0.15) is 12.6 Å². The maximum Gasteiger partial charge on any atom is 0.421 e. The monoisotopic (exact) mass is 305 g/mol. The van der Waals surface area contributed by atoms with Crippen LogP contribution in [0.4, 0.5) is 4.79 Å². The quantitative estimate of drug-likeness (QED) is 0.146. The summed E-state index contributed by atoms with van der Waals surface area (Å²) >= 11 is 4.09. The lowest BCUT2D eigenvalue weighted by Crippen LogP contribution is -2.31. The SMILES string of the molecule is NNC(=O)OCCCC(=O)CNC(=O)CCCCCS. The first kappa shape index (κ1) is 18.7. The highest BCUT2D eigenvalue weighted by Gasteiger charge is 2.06. The Morgan fingerprint density at radius 1 is 1.05 bits per heavy atom. The highest BCUT2D eigenvalue weighted by Crippen LogP contribution is 2.00. The van der Waals surface area contributed by atoms with E-state index in [-0.39, 0.29) is 31.3 Å². The summed E-state index contributed by atoms with van der Waals surface area (Å²) in [6.07, 6.45) is 3.12. The van der Waals surface area contributed by atoms with E-state index >= 15 is 0 Å². The fourth-order valence-corrected chi connectivity index (χ4v) is 1.65. The molecule has 0 radical (unpaired) electrons. The molecule has 8 heteroatoms. The van der Waals surface area contributed by atoms with E-state index in [2.05, 4.69) is 22.7 Å². The molecule has 0 aromatic rings. The summed E-state index contributed by atoms with van der Waals surface area (Å²) in [6.45, 7) is 0.140. The number of nitrogens with one attached hydrogen (secondary N) is 2. The molecule has 0 spiro atoms. The summed E-state index contributed by atoms with van der Waals surface area (Å²) in [5.41, 5.74) is 1.81. The van der Waals surface area contributed by atoms with Crippen molar-refractivity contribution in [1.29, 1.82) is 0 Å². The van der Waals surface area contributed by atoms with E-state index in [0.29, 0.717) is 12.8 Å². The van der Waals surface area contributed by atoms with Gasteiger partial charge in [0, 0.05) is 12.8 Å². The maximum absolute atomic E-state index is 11.4. The van der Waals surface area contributed by atoms with Gasteiger partial charge in [-0.1, -0.05) is 6.42 Å². The van der Waals surface area contributed by atoms with Gasteiger partial charge in [0.25, 0.3) is 0 Å². The van der Waals surface area contributed by atoms with E-state index in [1.165, 1.54) is 0 Å². The highest BCUT2D eigenvalue weighted by molar-refractivity contribution is 7.80. The third-order valence-corrected chi connectivity index (χ3v) is 2.81. The zero-order valence-corrected chi connectivity index (χ0v) is 12.4. The van der Waals surface area contributed by atoms with Crippen LogP contribution in [0.15, 0.2) is 0 Å². The Labute approximate surface area is 124 Å². The second kappa shape index (κ2) is 12.7. The molecule has 0 aliphatic carbocycles. The first-order valence-corrected chi connectivity index (χ1v) is 7.26. The molecule has 0 fully saturated rings. The first-order valence-electron chi connectivity index (χ1n) is 6.62. The molecular formula is C12H23N3O4S. The van der Waals surface area contributed by atoms with Crippen molar-refractivity contribution in [3.63, 3.8) is 0 Å². The normalized spacial score (nSPS) is 9.90. The van der Waals surface area contributed by atoms with Crippen LogP contribution in [0, 0.1) is 0 Å². The molecule has 7 nitrogen and oxygen atoms in total. The Hall–Kier alpha value is -1.28. The standard InChI is InChI=1S/C12H23N3O4S/c13-15-12(18)19-7-4-5-10(16)9-14-11(17)6-2-1-3-8-20/h20H,1-9,13H2,(H,14,17)(H,15,18). The van der Waals surface area contributed by atoms with Gasteiger partial charge in [0.1, 0.15) is 0 Å². The van der Waals surface area contributed by atoms with Crippen molar-refractivity contribution in [3.05, 3.63) is 0 Å². The molecule has 116 valence electrons. The number of carbonyl (C=O) groups excluding carboxylic acids is 3. The highest BCUT2D eigenvalue weighted by atomic mass is 32.1. The van der Waals surface area contributed by atoms with Crippen LogP contribution in [0.2, 0.25) is 0 Å². The Balaban J connectivity index is 3.47. The number of hydrazine groups is 1. The van der Waals surface area contributed by atoms with Gasteiger partial charge in [-0.3, -0.25) is 15.0 Å². The molecule has 0 aromatic heterocycles. The van der Waals surface area contributed by atoms with Gasteiger partial charge in [-0.05, 0) is 25.0 Å². The van der Waals surface area contributed by atoms with E-state index in [1.54, 1.807) is 0 Å². The number of thiol groups is 1. The van der Waals surface area contributed by atoms with Gasteiger partial charge in [0.2, 0.25) is 5.91 Å². The third-order valence-electron chi connectivity index (χ3n) is 2.50. The fourth-order valence-electron chi connectivity index (χ4n) is 1.42. The van der Waals surface area contributed by atoms with Crippen LogP contribution >= 0.6 is 12.6 Å². The van der Waals surface area contributed by atoms with Crippen molar-refractivity contribution in [2.75, 3.05) is 18.9 Å². The number of hydrogen-bond donors (Lipinski definition) is 4. The average molecular weight is 305 g/mol. The van der Waals surface area contributed by atoms with E-state index in [9.17, 15) is 14.4 Å². The molecule has 0 bridgehead atoms. The number of amides is 2. The maximum atomic E-state index is 11.4. The molecule has 2 amide bonds. The number of unbranched alkanes of at least 4 members (excludes halogenated alkanes) is 2. The topological polar surface area (TPSA) is 111 Å². The van der Waals surface area contributed by atoms with Gasteiger partial charge in [-0.15, -0.1) is 0 Å². The number of nitrogens with two attached hydrogens (primary N) is 1. The van der Waals surface area contributed by atoms with E-state index in [0.717, 1.165) is 25.0 Å². The Kier molecular flexibility index (Phi) is 11.9.